The number of rotatable bonds is 6. The van der Waals surface area contributed by atoms with E-state index in [4.69, 9.17) is 4.74 Å². The Morgan fingerprint density at radius 2 is 1.83 bits per heavy atom. The lowest BCUT2D eigenvalue weighted by Gasteiger charge is -2.63. The highest BCUT2D eigenvalue weighted by Crippen LogP contribution is 2.69. The molecule has 0 aromatic rings. The molecule has 4 fully saturated rings. The van der Waals surface area contributed by atoms with Crippen molar-refractivity contribution in [1.29, 1.82) is 0 Å². The molecule has 4 rings (SSSR count). The van der Waals surface area contributed by atoms with Crippen LogP contribution in [0, 0.1) is 46.3 Å². The fourth-order valence-corrected chi connectivity index (χ4v) is 9.47. The Kier molecular flexibility index (Phi) is 6.17. The van der Waals surface area contributed by atoms with Crippen LogP contribution in [0.5, 0.6) is 0 Å². The van der Waals surface area contributed by atoms with E-state index in [0.29, 0.717) is 35.2 Å². The first-order chi connectivity index (χ1) is 13.8. The quantitative estimate of drug-likeness (QED) is 0.618. The summed E-state index contributed by atoms with van der Waals surface area (Å²) in [6.07, 6.45) is 13.1. The van der Waals surface area contributed by atoms with E-state index in [0.717, 1.165) is 56.5 Å². The lowest BCUT2D eigenvalue weighted by atomic mass is 9.43. The summed E-state index contributed by atoms with van der Waals surface area (Å²) in [7, 11) is 1.89. The van der Waals surface area contributed by atoms with E-state index in [1.54, 1.807) is 0 Å². The summed E-state index contributed by atoms with van der Waals surface area (Å²) in [5.41, 5.74) is 0.281. The van der Waals surface area contributed by atoms with E-state index in [1.165, 1.54) is 38.5 Å². The number of fused-ring (bicyclic) bond motifs is 5. The highest BCUT2D eigenvalue weighted by atomic mass is 16.5. The minimum Gasteiger partial charge on any atom is -0.396 e. The van der Waals surface area contributed by atoms with Gasteiger partial charge < -0.3 is 14.9 Å². The maximum atomic E-state index is 11.2. The molecule has 4 saturated carbocycles. The van der Waals surface area contributed by atoms with Crippen molar-refractivity contribution in [2.24, 2.45) is 46.3 Å². The van der Waals surface area contributed by atoms with Crippen LogP contribution in [-0.2, 0) is 4.74 Å². The van der Waals surface area contributed by atoms with Crippen molar-refractivity contribution in [2.45, 2.75) is 97.0 Å². The topological polar surface area (TPSA) is 49.7 Å². The van der Waals surface area contributed by atoms with Crippen molar-refractivity contribution >= 4 is 0 Å². The molecule has 0 aromatic carbocycles. The summed E-state index contributed by atoms with van der Waals surface area (Å²) in [5, 5.41) is 21.1. The largest absolute Gasteiger partial charge is 0.396 e. The summed E-state index contributed by atoms with van der Waals surface area (Å²) >= 11 is 0. The van der Waals surface area contributed by atoms with Gasteiger partial charge in [0.25, 0.3) is 0 Å². The molecule has 3 nitrogen and oxygen atoms in total. The predicted octanol–water partition coefficient (Wildman–Crippen LogP) is 5.43. The van der Waals surface area contributed by atoms with Gasteiger partial charge in [0, 0.05) is 13.7 Å². The zero-order valence-electron chi connectivity index (χ0n) is 19.5. The van der Waals surface area contributed by atoms with Gasteiger partial charge in [-0.3, -0.25) is 0 Å². The van der Waals surface area contributed by atoms with Crippen LogP contribution in [0.4, 0.5) is 0 Å². The van der Waals surface area contributed by atoms with Crippen molar-refractivity contribution in [3.05, 3.63) is 0 Å². The standard InChI is InChI=1S/C26H46O3/c1-5-11-25(28)13-14-26(17-29-4)19(15-25)6-7-20-22-9-8-21(18(2)16-27)24(22,3)12-10-23(20)26/h18-23,27-28H,5-17H2,1-4H3/t18?,19-,20+,21-,22+,23+,24-,25-,26-/m1/s1. The molecule has 4 aliphatic carbocycles. The molecule has 0 aliphatic heterocycles. The molecule has 1 unspecified atom stereocenters. The summed E-state index contributed by atoms with van der Waals surface area (Å²) in [6, 6.07) is 0. The maximum Gasteiger partial charge on any atom is 0.0650 e. The second-order valence-corrected chi connectivity index (χ2v) is 11.9. The molecule has 29 heavy (non-hydrogen) atoms. The molecule has 0 radical (unpaired) electrons. The van der Waals surface area contributed by atoms with Gasteiger partial charge >= 0.3 is 0 Å². The van der Waals surface area contributed by atoms with E-state index >= 15 is 0 Å². The third-order valence-corrected chi connectivity index (χ3v) is 10.7. The fourth-order valence-electron chi connectivity index (χ4n) is 9.47. The number of aliphatic hydroxyl groups is 2. The first-order valence-electron chi connectivity index (χ1n) is 12.7. The van der Waals surface area contributed by atoms with Crippen molar-refractivity contribution in [3.63, 3.8) is 0 Å². The van der Waals surface area contributed by atoms with E-state index < -0.39 is 5.60 Å². The number of hydrogen-bond acceptors (Lipinski definition) is 3. The third-order valence-electron chi connectivity index (χ3n) is 10.7. The zero-order valence-corrected chi connectivity index (χ0v) is 19.5. The third kappa shape index (κ3) is 3.42. The average Bonchev–Trinajstić information content (AvgIpc) is 3.05. The van der Waals surface area contributed by atoms with E-state index in [2.05, 4.69) is 20.8 Å². The van der Waals surface area contributed by atoms with E-state index in [-0.39, 0.29) is 0 Å². The summed E-state index contributed by atoms with van der Waals surface area (Å²) in [4.78, 5) is 0. The Hall–Kier alpha value is -0.120. The molecule has 4 aliphatic rings. The van der Waals surface area contributed by atoms with E-state index in [9.17, 15) is 10.2 Å². The van der Waals surface area contributed by atoms with Crippen molar-refractivity contribution in [2.75, 3.05) is 20.3 Å². The van der Waals surface area contributed by atoms with Gasteiger partial charge in [0.05, 0.1) is 12.2 Å². The smallest absolute Gasteiger partial charge is 0.0650 e. The van der Waals surface area contributed by atoms with Gasteiger partial charge in [0.2, 0.25) is 0 Å². The molecule has 0 aromatic heterocycles. The van der Waals surface area contributed by atoms with Crippen molar-refractivity contribution in [3.8, 4) is 0 Å². The highest BCUT2D eigenvalue weighted by molar-refractivity contribution is 5.12. The Bertz CT molecular complexity index is 578. The molecule has 0 heterocycles. The number of aliphatic hydroxyl groups excluding tert-OH is 1. The summed E-state index contributed by atoms with van der Waals surface area (Å²) in [6.45, 7) is 8.27. The lowest BCUT2D eigenvalue weighted by molar-refractivity contribution is -0.180. The summed E-state index contributed by atoms with van der Waals surface area (Å²) < 4.78 is 5.92. The molecule has 0 amide bonds. The Labute approximate surface area is 179 Å². The summed E-state index contributed by atoms with van der Waals surface area (Å²) in [5.74, 6) is 4.18. The molecular formula is C26H46O3. The molecule has 168 valence electrons. The van der Waals surface area contributed by atoms with Crippen LogP contribution < -0.4 is 0 Å². The van der Waals surface area contributed by atoms with Crippen LogP contribution in [0.1, 0.15) is 91.4 Å². The van der Waals surface area contributed by atoms with Gasteiger partial charge in [-0.2, -0.15) is 0 Å². The fraction of sp³-hybridized carbons (Fsp3) is 1.00. The highest BCUT2D eigenvalue weighted by Gasteiger charge is 2.62. The van der Waals surface area contributed by atoms with Crippen LogP contribution >= 0.6 is 0 Å². The Morgan fingerprint density at radius 3 is 2.52 bits per heavy atom. The van der Waals surface area contributed by atoms with Gasteiger partial charge in [0.1, 0.15) is 0 Å². The minimum atomic E-state index is -0.429. The molecule has 9 atom stereocenters. The van der Waals surface area contributed by atoms with Crippen molar-refractivity contribution < 1.29 is 14.9 Å². The average molecular weight is 407 g/mol. The van der Waals surface area contributed by atoms with Crippen LogP contribution in [0.3, 0.4) is 0 Å². The van der Waals surface area contributed by atoms with Crippen LogP contribution in [0.15, 0.2) is 0 Å². The zero-order chi connectivity index (χ0) is 20.9. The maximum absolute atomic E-state index is 11.2. The second kappa shape index (κ2) is 8.10. The predicted molar refractivity (Wildman–Crippen MR) is 118 cm³/mol. The van der Waals surface area contributed by atoms with Gasteiger partial charge in [-0.15, -0.1) is 0 Å². The molecule has 0 bridgehead atoms. The lowest BCUT2D eigenvalue weighted by Crippen LogP contribution is -2.58. The number of ether oxygens (including phenoxy) is 1. The van der Waals surface area contributed by atoms with Crippen LogP contribution in [0.2, 0.25) is 0 Å². The molecule has 0 saturated heterocycles. The molecular weight excluding hydrogens is 360 g/mol. The van der Waals surface area contributed by atoms with Crippen LogP contribution in [0.25, 0.3) is 0 Å². The van der Waals surface area contributed by atoms with Crippen LogP contribution in [-0.4, -0.2) is 36.1 Å². The second-order valence-electron chi connectivity index (χ2n) is 11.9. The van der Waals surface area contributed by atoms with Gasteiger partial charge in [0.15, 0.2) is 0 Å². The first-order valence-corrected chi connectivity index (χ1v) is 12.7. The number of hydrogen-bond donors (Lipinski definition) is 2. The molecule has 2 N–H and O–H groups in total. The first kappa shape index (κ1) is 22.1. The van der Waals surface area contributed by atoms with E-state index in [1.807, 2.05) is 7.11 Å². The molecule has 3 heteroatoms. The van der Waals surface area contributed by atoms with Gasteiger partial charge in [-0.05, 0) is 111 Å². The van der Waals surface area contributed by atoms with Gasteiger partial charge in [-0.25, -0.2) is 0 Å². The minimum absolute atomic E-state index is 0.291. The normalized spacial score (nSPS) is 50.5. The van der Waals surface area contributed by atoms with Crippen molar-refractivity contribution in [1.82, 2.24) is 0 Å². The monoisotopic (exact) mass is 406 g/mol. The Balaban J connectivity index is 1.60. The van der Waals surface area contributed by atoms with Gasteiger partial charge in [-0.1, -0.05) is 27.2 Å². The Morgan fingerprint density at radius 1 is 1.03 bits per heavy atom. The number of methoxy groups -OCH3 is 1. The SMILES string of the molecule is CCC[C@@]1(O)CC[C@@]2(COC)[C@H](CC[C@H]3[C@@H]4CC[C@H](C(C)CO)[C@@]4(C)CC[C@@H]32)C1. The molecule has 0 spiro atoms.